The molecule has 0 saturated carbocycles. The Labute approximate surface area is 76.2 Å². The third-order valence-electron chi connectivity index (χ3n) is 1.14. The van der Waals surface area contributed by atoms with Crippen LogP contribution < -0.4 is 0 Å². The van der Waals surface area contributed by atoms with E-state index in [2.05, 4.69) is 4.98 Å². The molecular weight excluding hydrogens is 203 g/mol. The number of hydrogen-bond acceptors (Lipinski definition) is 3. The van der Waals surface area contributed by atoms with E-state index in [9.17, 15) is 18.0 Å². The van der Waals surface area contributed by atoms with Gasteiger partial charge in [0.05, 0.1) is 0 Å². The van der Waals surface area contributed by atoms with Crippen LogP contribution in [-0.2, 0) is 0 Å². The van der Waals surface area contributed by atoms with Crippen LogP contribution in [0.2, 0.25) is 0 Å². The Morgan fingerprint density at radius 3 is 2.69 bits per heavy atom. The van der Waals surface area contributed by atoms with Crippen LogP contribution in [0.4, 0.5) is 13.2 Å². The highest BCUT2D eigenvalue weighted by molar-refractivity contribution is 8.00. The Hall–Kier alpha value is -1.04. The summed E-state index contributed by atoms with van der Waals surface area (Å²) in [5.74, 6) is 0. The van der Waals surface area contributed by atoms with Crippen LogP contribution in [0.15, 0.2) is 23.4 Å². The third kappa shape index (κ3) is 3.06. The molecule has 1 heterocycles. The molecule has 0 aromatic carbocycles. The number of rotatable bonds is 2. The molecule has 13 heavy (non-hydrogen) atoms. The van der Waals surface area contributed by atoms with Gasteiger partial charge in [0.1, 0.15) is 5.03 Å². The molecule has 0 amide bonds. The summed E-state index contributed by atoms with van der Waals surface area (Å²) in [6.45, 7) is 0. The van der Waals surface area contributed by atoms with Crippen LogP contribution in [0, 0.1) is 0 Å². The first-order valence-corrected chi connectivity index (χ1v) is 4.00. The number of carbonyl (C=O) groups is 1. The number of carbonyl (C=O) groups excluding carboxylic acids is 1. The first-order valence-electron chi connectivity index (χ1n) is 3.19. The number of aldehydes is 1. The lowest BCUT2D eigenvalue weighted by Crippen LogP contribution is -2.02. The highest BCUT2D eigenvalue weighted by Gasteiger charge is 2.31. The lowest BCUT2D eigenvalue weighted by Gasteiger charge is -2.05. The largest absolute Gasteiger partial charge is 0.447 e. The minimum atomic E-state index is -4.41. The fourth-order valence-electron chi connectivity index (χ4n) is 0.688. The minimum Gasteiger partial charge on any atom is -0.298 e. The van der Waals surface area contributed by atoms with Gasteiger partial charge in [-0.1, -0.05) is 0 Å². The maximum Gasteiger partial charge on any atom is 0.447 e. The molecule has 0 fully saturated rings. The fraction of sp³-hybridized carbons (Fsp3) is 0.143. The van der Waals surface area contributed by atoms with E-state index in [4.69, 9.17) is 0 Å². The molecule has 0 unspecified atom stereocenters. The number of nitrogens with zero attached hydrogens (tertiary/aromatic N) is 1. The topological polar surface area (TPSA) is 30.0 Å². The Bertz CT molecular complexity index is 313. The van der Waals surface area contributed by atoms with Crippen molar-refractivity contribution in [3.05, 3.63) is 23.9 Å². The van der Waals surface area contributed by atoms with E-state index in [0.29, 0.717) is 6.29 Å². The lowest BCUT2D eigenvalue weighted by molar-refractivity contribution is -0.0329. The van der Waals surface area contributed by atoms with Crippen LogP contribution in [-0.4, -0.2) is 16.8 Å². The van der Waals surface area contributed by atoms with Crippen molar-refractivity contribution in [2.75, 3.05) is 0 Å². The molecule has 0 saturated heterocycles. The number of hydrogen-bond donors (Lipinski definition) is 0. The molecule has 2 nitrogen and oxygen atoms in total. The number of halogens is 3. The van der Waals surface area contributed by atoms with E-state index in [1.54, 1.807) is 0 Å². The third-order valence-corrected chi connectivity index (χ3v) is 1.91. The molecule has 0 aliphatic rings. The molecule has 1 aromatic rings. The smallest absolute Gasteiger partial charge is 0.298 e. The summed E-state index contributed by atoms with van der Waals surface area (Å²) in [4.78, 5) is 13.7. The minimum absolute atomic E-state index is 0.0511. The van der Waals surface area contributed by atoms with Crippen LogP contribution in [0.25, 0.3) is 0 Å². The van der Waals surface area contributed by atoms with E-state index in [-0.39, 0.29) is 10.6 Å². The van der Waals surface area contributed by atoms with Crippen molar-refractivity contribution in [1.29, 1.82) is 0 Å². The monoisotopic (exact) mass is 207 g/mol. The van der Waals surface area contributed by atoms with Crippen molar-refractivity contribution < 1.29 is 18.0 Å². The average molecular weight is 207 g/mol. The first-order chi connectivity index (χ1) is 6.03. The molecule has 0 spiro atoms. The van der Waals surface area contributed by atoms with Crippen molar-refractivity contribution in [2.24, 2.45) is 0 Å². The zero-order valence-electron chi connectivity index (χ0n) is 6.21. The van der Waals surface area contributed by atoms with Crippen LogP contribution in [0.1, 0.15) is 10.4 Å². The Kier molecular flexibility index (Phi) is 2.92. The van der Waals surface area contributed by atoms with E-state index < -0.39 is 17.3 Å². The standard InChI is InChI=1S/C7H4F3NOS/c8-7(9,10)13-6-5(4-12)2-1-3-11-6/h1-4H. The van der Waals surface area contributed by atoms with Gasteiger partial charge in [-0.15, -0.1) is 0 Å². The highest BCUT2D eigenvalue weighted by atomic mass is 32.2. The molecule has 0 aliphatic heterocycles. The number of thioether (sulfide) groups is 1. The van der Waals surface area contributed by atoms with E-state index in [1.165, 1.54) is 18.3 Å². The van der Waals surface area contributed by atoms with Gasteiger partial charge in [-0.3, -0.25) is 4.79 Å². The Balaban J connectivity index is 2.94. The summed E-state index contributed by atoms with van der Waals surface area (Å²) in [5, 5.41) is -0.315. The summed E-state index contributed by atoms with van der Waals surface area (Å²) >= 11 is -0.390. The normalized spacial score (nSPS) is 11.3. The summed E-state index contributed by atoms with van der Waals surface area (Å²) in [6, 6.07) is 2.69. The van der Waals surface area contributed by atoms with E-state index in [1.807, 2.05) is 0 Å². The second-order valence-electron chi connectivity index (χ2n) is 2.06. The maximum absolute atomic E-state index is 11.9. The number of alkyl halides is 3. The van der Waals surface area contributed by atoms with Crippen molar-refractivity contribution >= 4 is 18.0 Å². The molecule has 1 aromatic heterocycles. The van der Waals surface area contributed by atoms with Gasteiger partial charge in [0.25, 0.3) is 0 Å². The van der Waals surface area contributed by atoms with Crippen LogP contribution >= 0.6 is 11.8 Å². The summed E-state index contributed by atoms with van der Waals surface area (Å²) in [6.07, 6.45) is 1.56. The molecule has 0 atom stereocenters. The molecule has 0 N–H and O–H groups in total. The van der Waals surface area contributed by atoms with E-state index >= 15 is 0 Å². The van der Waals surface area contributed by atoms with Crippen molar-refractivity contribution in [1.82, 2.24) is 4.98 Å². The van der Waals surface area contributed by atoms with Gasteiger partial charge in [0, 0.05) is 23.5 Å². The second kappa shape index (κ2) is 3.78. The van der Waals surface area contributed by atoms with Gasteiger partial charge < -0.3 is 0 Å². The van der Waals surface area contributed by atoms with Crippen LogP contribution in [0.5, 0.6) is 0 Å². The van der Waals surface area contributed by atoms with Crippen LogP contribution in [0.3, 0.4) is 0 Å². The number of aromatic nitrogens is 1. The average Bonchev–Trinajstić information content (AvgIpc) is 2.02. The molecule has 0 bridgehead atoms. The second-order valence-corrected chi connectivity index (χ2v) is 3.12. The molecule has 0 aliphatic carbocycles. The predicted octanol–water partition coefficient (Wildman–Crippen LogP) is 2.51. The summed E-state index contributed by atoms with van der Waals surface area (Å²) in [7, 11) is 0. The van der Waals surface area contributed by atoms with Crippen molar-refractivity contribution in [2.45, 2.75) is 10.5 Å². The van der Waals surface area contributed by atoms with Gasteiger partial charge in [-0.25, -0.2) is 4.98 Å². The van der Waals surface area contributed by atoms with Gasteiger partial charge >= 0.3 is 5.51 Å². The zero-order valence-corrected chi connectivity index (χ0v) is 7.02. The van der Waals surface area contributed by atoms with Gasteiger partial charge in [-0.05, 0) is 12.1 Å². The maximum atomic E-state index is 11.9. The van der Waals surface area contributed by atoms with Gasteiger partial charge in [0.15, 0.2) is 6.29 Å². The first kappa shape index (κ1) is 10.0. The van der Waals surface area contributed by atoms with Gasteiger partial charge in [0.2, 0.25) is 0 Å². The molecule has 1 rings (SSSR count). The molecule has 0 radical (unpaired) electrons. The van der Waals surface area contributed by atoms with E-state index in [0.717, 1.165) is 0 Å². The zero-order chi connectivity index (χ0) is 9.90. The fourth-order valence-corrected chi connectivity index (χ4v) is 1.25. The quantitative estimate of drug-likeness (QED) is 0.551. The van der Waals surface area contributed by atoms with Crippen molar-refractivity contribution in [3.8, 4) is 0 Å². The molecule has 6 heteroatoms. The highest BCUT2D eigenvalue weighted by Crippen LogP contribution is 2.36. The predicted molar refractivity (Wildman–Crippen MR) is 41.5 cm³/mol. The Morgan fingerprint density at radius 1 is 1.46 bits per heavy atom. The summed E-state index contributed by atoms with van der Waals surface area (Å²) in [5.41, 5.74) is -4.46. The number of pyridine rings is 1. The van der Waals surface area contributed by atoms with Crippen molar-refractivity contribution in [3.63, 3.8) is 0 Å². The molecular formula is C7H4F3NOS. The Morgan fingerprint density at radius 2 is 2.15 bits per heavy atom. The van der Waals surface area contributed by atoms with Gasteiger partial charge in [-0.2, -0.15) is 13.2 Å². The SMILES string of the molecule is O=Cc1cccnc1SC(F)(F)F. The molecule has 70 valence electrons. The lowest BCUT2D eigenvalue weighted by atomic mass is 10.3. The summed E-state index contributed by atoms with van der Waals surface area (Å²) < 4.78 is 35.6.